The molecule has 0 fully saturated rings. The number of ether oxygens (including phenoxy) is 2. The molecule has 0 aliphatic heterocycles. The third-order valence-electron chi connectivity index (χ3n) is 2.82. The summed E-state index contributed by atoms with van der Waals surface area (Å²) in [4.78, 5) is 3.85. The Balaban J connectivity index is 2.54. The largest absolute Gasteiger partial charge is 0.495 e. The Hall–Kier alpha value is -1.95. The van der Waals surface area contributed by atoms with Crippen LogP contribution in [-0.2, 0) is 6.18 Å². The average molecular weight is 318 g/mol. The Morgan fingerprint density at radius 3 is 2.29 bits per heavy atom. The van der Waals surface area contributed by atoms with Crippen LogP contribution in [-0.4, -0.2) is 19.2 Å². The SMILES string of the molecule is COc1cc(-c2ncc(C(F)(F)F)cc2OC)ccc1Cl. The summed E-state index contributed by atoms with van der Waals surface area (Å²) in [6.07, 6.45) is -3.71. The lowest BCUT2D eigenvalue weighted by Crippen LogP contribution is -2.06. The number of rotatable bonds is 3. The number of methoxy groups -OCH3 is 2. The van der Waals surface area contributed by atoms with Gasteiger partial charge in [0.25, 0.3) is 0 Å². The lowest BCUT2D eigenvalue weighted by molar-refractivity contribution is -0.137. The predicted octanol–water partition coefficient (Wildman–Crippen LogP) is 4.44. The van der Waals surface area contributed by atoms with E-state index in [2.05, 4.69) is 4.98 Å². The molecule has 3 nitrogen and oxygen atoms in total. The summed E-state index contributed by atoms with van der Waals surface area (Å²) in [6.45, 7) is 0. The fourth-order valence-electron chi connectivity index (χ4n) is 1.78. The van der Waals surface area contributed by atoms with E-state index in [4.69, 9.17) is 21.1 Å². The van der Waals surface area contributed by atoms with Gasteiger partial charge < -0.3 is 9.47 Å². The van der Waals surface area contributed by atoms with Gasteiger partial charge in [-0.1, -0.05) is 17.7 Å². The van der Waals surface area contributed by atoms with E-state index in [9.17, 15) is 13.2 Å². The predicted molar refractivity (Wildman–Crippen MR) is 72.8 cm³/mol. The van der Waals surface area contributed by atoms with Gasteiger partial charge >= 0.3 is 6.18 Å². The van der Waals surface area contributed by atoms with Gasteiger partial charge in [0, 0.05) is 11.8 Å². The molecule has 0 saturated carbocycles. The summed E-state index contributed by atoms with van der Waals surface area (Å²) >= 11 is 5.92. The molecule has 0 spiro atoms. The van der Waals surface area contributed by atoms with Crippen LogP contribution < -0.4 is 9.47 Å². The first-order chi connectivity index (χ1) is 9.86. The molecule has 0 unspecified atom stereocenters. The van der Waals surface area contributed by atoms with E-state index in [1.54, 1.807) is 18.2 Å². The zero-order chi connectivity index (χ0) is 15.6. The van der Waals surface area contributed by atoms with Crippen molar-refractivity contribution >= 4 is 11.6 Å². The summed E-state index contributed by atoms with van der Waals surface area (Å²) in [5.74, 6) is 0.423. The van der Waals surface area contributed by atoms with Crippen molar-refractivity contribution < 1.29 is 22.6 Å². The number of aromatic nitrogens is 1. The Kier molecular flexibility index (Phi) is 4.27. The zero-order valence-electron chi connectivity index (χ0n) is 11.2. The highest BCUT2D eigenvalue weighted by molar-refractivity contribution is 6.32. The number of halogens is 4. The fraction of sp³-hybridized carbons (Fsp3) is 0.214. The third kappa shape index (κ3) is 3.21. The molecule has 7 heteroatoms. The van der Waals surface area contributed by atoms with Crippen LogP contribution >= 0.6 is 11.6 Å². The minimum atomic E-state index is -4.48. The standard InChI is InChI=1S/C14H11ClF3NO2/c1-20-11-5-8(3-4-10(11)15)13-12(21-2)6-9(7-19-13)14(16,17)18/h3-7H,1-2H3. The quantitative estimate of drug-likeness (QED) is 0.838. The van der Waals surface area contributed by atoms with E-state index in [1.165, 1.54) is 14.2 Å². The van der Waals surface area contributed by atoms with E-state index in [-0.39, 0.29) is 11.4 Å². The normalized spacial score (nSPS) is 11.3. The van der Waals surface area contributed by atoms with Gasteiger partial charge in [-0.15, -0.1) is 0 Å². The van der Waals surface area contributed by atoms with Crippen LogP contribution in [0.1, 0.15) is 5.56 Å². The van der Waals surface area contributed by atoms with E-state index in [1.807, 2.05) is 0 Å². The number of pyridine rings is 1. The lowest BCUT2D eigenvalue weighted by atomic mass is 10.1. The van der Waals surface area contributed by atoms with Crippen LogP contribution in [0.3, 0.4) is 0 Å². The van der Waals surface area contributed by atoms with Crippen molar-refractivity contribution in [2.75, 3.05) is 14.2 Å². The molecule has 112 valence electrons. The maximum atomic E-state index is 12.7. The second-order valence-corrected chi connectivity index (χ2v) is 4.53. The van der Waals surface area contributed by atoms with Crippen LogP contribution in [0.4, 0.5) is 13.2 Å². The second kappa shape index (κ2) is 5.81. The molecule has 1 aromatic heterocycles. The maximum Gasteiger partial charge on any atom is 0.418 e. The first-order valence-electron chi connectivity index (χ1n) is 5.82. The molecular formula is C14H11ClF3NO2. The van der Waals surface area contributed by atoms with Crippen molar-refractivity contribution in [2.24, 2.45) is 0 Å². The molecule has 0 aliphatic rings. The Morgan fingerprint density at radius 1 is 1.05 bits per heavy atom. The maximum absolute atomic E-state index is 12.7. The first kappa shape index (κ1) is 15.4. The number of benzene rings is 1. The molecule has 2 aromatic rings. The molecule has 2 rings (SSSR count). The molecule has 0 aliphatic carbocycles. The molecule has 0 N–H and O–H groups in total. The number of hydrogen-bond acceptors (Lipinski definition) is 3. The van der Waals surface area contributed by atoms with Crippen molar-refractivity contribution in [2.45, 2.75) is 6.18 Å². The smallest absolute Gasteiger partial charge is 0.418 e. The highest BCUT2D eigenvalue weighted by Crippen LogP contribution is 2.37. The zero-order valence-corrected chi connectivity index (χ0v) is 11.9. The Labute approximate surface area is 124 Å². The summed E-state index contributed by atoms with van der Waals surface area (Å²) in [5.41, 5.74) is -0.0497. The number of nitrogens with zero attached hydrogens (tertiary/aromatic N) is 1. The minimum absolute atomic E-state index is 0.0224. The molecule has 21 heavy (non-hydrogen) atoms. The molecular weight excluding hydrogens is 307 g/mol. The highest BCUT2D eigenvalue weighted by Gasteiger charge is 2.32. The fourth-order valence-corrected chi connectivity index (χ4v) is 1.97. The van der Waals surface area contributed by atoms with Crippen molar-refractivity contribution in [3.05, 3.63) is 41.0 Å². The van der Waals surface area contributed by atoms with Crippen molar-refractivity contribution in [1.29, 1.82) is 0 Å². The van der Waals surface area contributed by atoms with E-state index in [0.717, 1.165) is 12.3 Å². The van der Waals surface area contributed by atoms with Gasteiger partial charge in [0.1, 0.15) is 17.2 Å². The number of hydrogen-bond donors (Lipinski definition) is 0. The second-order valence-electron chi connectivity index (χ2n) is 4.12. The van der Waals surface area contributed by atoms with E-state index >= 15 is 0 Å². The van der Waals surface area contributed by atoms with Crippen LogP contribution in [0, 0.1) is 0 Å². The van der Waals surface area contributed by atoms with Crippen LogP contribution in [0.2, 0.25) is 5.02 Å². The van der Waals surface area contributed by atoms with Crippen molar-refractivity contribution in [1.82, 2.24) is 4.98 Å². The van der Waals surface area contributed by atoms with Gasteiger partial charge in [-0.2, -0.15) is 13.2 Å². The minimum Gasteiger partial charge on any atom is -0.495 e. The van der Waals surface area contributed by atoms with Crippen molar-refractivity contribution in [3.63, 3.8) is 0 Å². The summed E-state index contributed by atoms with van der Waals surface area (Å²) in [5, 5.41) is 0.395. The molecule has 0 saturated heterocycles. The van der Waals surface area contributed by atoms with Crippen LogP contribution in [0.25, 0.3) is 11.3 Å². The molecule has 0 atom stereocenters. The molecule has 0 bridgehead atoms. The van der Waals surface area contributed by atoms with E-state index < -0.39 is 11.7 Å². The van der Waals surface area contributed by atoms with Gasteiger partial charge in [-0.25, -0.2) is 0 Å². The summed E-state index contributed by atoms with van der Waals surface area (Å²) in [7, 11) is 2.73. The average Bonchev–Trinajstić information content (AvgIpc) is 2.46. The van der Waals surface area contributed by atoms with Gasteiger partial charge in [-0.05, 0) is 18.2 Å². The van der Waals surface area contributed by atoms with Gasteiger partial charge in [-0.3, -0.25) is 4.98 Å². The molecule has 1 heterocycles. The summed E-state index contributed by atoms with van der Waals surface area (Å²) < 4.78 is 48.1. The molecule has 0 amide bonds. The van der Waals surface area contributed by atoms with Gasteiger partial charge in [0.15, 0.2) is 0 Å². The molecule has 0 radical (unpaired) electrons. The monoisotopic (exact) mass is 317 g/mol. The van der Waals surface area contributed by atoms with Crippen LogP contribution in [0.15, 0.2) is 30.5 Å². The highest BCUT2D eigenvalue weighted by atomic mass is 35.5. The van der Waals surface area contributed by atoms with Gasteiger partial charge in [0.2, 0.25) is 0 Å². The first-order valence-corrected chi connectivity index (χ1v) is 6.19. The van der Waals surface area contributed by atoms with Gasteiger partial charge in [0.05, 0.1) is 24.8 Å². The van der Waals surface area contributed by atoms with Crippen LogP contribution in [0.5, 0.6) is 11.5 Å². The lowest BCUT2D eigenvalue weighted by Gasteiger charge is -2.13. The molecule has 1 aromatic carbocycles. The Bertz CT molecular complexity index is 659. The number of alkyl halides is 3. The van der Waals surface area contributed by atoms with Crippen molar-refractivity contribution in [3.8, 4) is 22.8 Å². The third-order valence-corrected chi connectivity index (χ3v) is 3.14. The topological polar surface area (TPSA) is 31.4 Å². The Morgan fingerprint density at radius 2 is 1.71 bits per heavy atom. The summed E-state index contributed by atoms with van der Waals surface area (Å²) in [6, 6.07) is 5.70. The van der Waals surface area contributed by atoms with E-state index in [0.29, 0.717) is 16.3 Å².